The normalized spacial score (nSPS) is 14.8. The molecule has 2 heterocycles. The van der Waals surface area contributed by atoms with Crippen LogP contribution in [0, 0.1) is 12.7 Å². The van der Waals surface area contributed by atoms with Crippen LogP contribution in [0.4, 0.5) is 10.1 Å². The van der Waals surface area contributed by atoms with Crippen molar-refractivity contribution in [1.82, 2.24) is 9.88 Å². The number of rotatable bonds is 2. The summed E-state index contributed by atoms with van der Waals surface area (Å²) in [7, 11) is 0. The molecule has 3 aromatic rings. The zero-order chi connectivity index (χ0) is 20.4. The maximum absolute atomic E-state index is 13.7. The number of aromatic nitrogens is 1. The minimum Gasteiger partial charge on any atom is -0.334 e. The smallest absolute Gasteiger partial charge is 0.313 e. The summed E-state index contributed by atoms with van der Waals surface area (Å²) in [5.41, 5.74) is 3.50. The largest absolute Gasteiger partial charge is 0.334 e. The molecular weight excluding hydrogens is 369 g/mol. The lowest BCUT2D eigenvalue weighted by Crippen LogP contribution is -2.43. The van der Waals surface area contributed by atoms with Crippen LogP contribution in [-0.4, -0.2) is 34.8 Å². The number of likely N-dealkylation sites (tertiary alicyclic amines) is 1. The second kappa shape index (κ2) is 7.99. The van der Waals surface area contributed by atoms with Crippen molar-refractivity contribution in [3.63, 3.8) is 0 Å². The second-order valence-electron chi connectivity index (χ2n) is 7.45. The van der Waals surface area contributed by atoms with Gasteiger partial charge in [0, 0.05) is 30.4 Å². The van der Waals surface area contributed by atoms with Gasteiger partial charge in [0.1, 0.15) is 5.82 Å². The quantitative estimate of drug-likeness (QED) is 0.671. The molecule has 1 aliphatic rings. The van der Waals surface area contributed by atoms with Crippen LogP contribution in [0.15, 0.2) is 54.7 Å². The molecule has 1 aliphatic heterocycles. The number of amides is 2. The predicted molar refractivity (Wildman–Crippen MR) is 110 cm³/mol. The van der Waals surface area contributed by atoms with Gasteiger partial charge in [0.15, 0.2) is 0 Å². The zero-order valence-electron chi connectivity index (χ0n) is 16.2. The maximum Gasteiger partial charge on any atom is 0.313 e. The topological polar surface area (TPSA) is 62.3 Å². The SMILES string of the molecule is Cc1ccc(NC(=O)C(=O)N2CCC(c3ccnc4ccc(F)cc34)CC2)cc1. The number of anilines is 1. The van der Waals surface area contributed by atoms with Gasteiger partial charge < -0.3 is 10.2 Å². The van der Waals surface area contributed by atoms with Crippen molar-refractivity contribution in [2.45, 2.75) is 25.7 Å². The molecule has 0 saturated carbocycles. The first kappa shape index (κ1) is 19.1. The number of nitrogens with one attached hydrogen (secondary N) is 1. The Hall–Kier alpha value is -3.28. The Morgan fingerprint density at radius 2 is 1.79 bits per heavy atom. The van der Waals surface area contributed by atoms with Crippen LogP contribution in [0.5, 0.6) is 0 Å². The third-order valence-electron chi connectivity index (χ3n) is 5.46. The van der Waals surface area contributed by atoms with Gasteiger partial charge in [-0.15, -0.1) is 0 Å². The number of halogens is 1. The van der Waals surface area contributed by atoms with E-state index in [-0.39, 0.29) is 11.7 Å². The van der Waals surface area contributed by atoms with Gasteiger partial charge in [-0.2, -0.15) is 0 Å². The van der Waals surface area contributed by atoms with Crippen LogP contribution in [0.25, 0.3) is 10.9 Å². The maximum atomic E-state index is 13.7. The molecule has 4 rings (SSSR count). The van der Waals surface area contributed by atoms with E-state index in [0.717, 1.165) is 34.9 Å². The van der Waals surface area contributed by atoms with E-state index in [1.165, 1.54) is 12.1 Å². The molecule has 0 unspecified atom stereocenters. The van der Waals surface area contributed by atoms with Gasteiger partial charge in [-0.3, -0.25) is 14.6 Å². The summed E-state index contributed by atoms with van der Waals surface area (Å²) in [6, 6.07) is 13.9. The number of fused-ring (bicyclic) bond motifs is 1. The summed E-state index contributed by atoms with van der Waals surface area (Å²) in [4.78, 5) is 30.7. The number of aryl methyl sites for hydroxylation is 1. The summed E-state index contributed by atoms with van der Waals surface area (Å²) in [6.45, 7) is 2.94. The molecule has 1 saturated heterocycles. The highest BCUT2D eigenvalue weighted by Gasteiger charge is 2.28. The van der Waals surface area contributed by atoms with E-state index in [1.807, 2.05) is 25.1 Å². The van der Waals surface area contributed by atoms with Crippen molar-refractivity contribution in [3.05, 3.63) is 71.7 Å². The van der Waals surface area contributed by atoms with Crippen LogP contribution < -0.4 is 5.32 Å². The number of hydrogen-bond donors (Lipinski definition) is 1. The Labute approximate surface area is 168 Å². The zero-order valence-corrected chi connectivity index (χ0v) is 16.2. The Kier molecular flexibility index (Phi) is 5.25. The summed E-state index contributed by atoms with van der Waals surface area (Å²) in [5, 5.41) is 3.47. The fraction of sp³-hybridized carbons (Fsp3) is 0.261. The van der Waals surface area contributed by atoms with Gasteiger partial charge in [0.2, 0.25) is 0 Å². The van der Waals surface area contributed by atoms with Gasteiger partial charge in [-0.05, 0) is 67.6 Å². The molecule has 0 radical (unpaired) electrons. The van der Waals surface area contributed by atoms with Crippen molar-refractivity contribution in [2.24, 2.45) is 0 Å². The summed E-state index contributed by atoms with van der Waals surface area (Å²) in [6.07, 6.45) is 3.18. The van der Waals surface area contributed by atoms with E-state index in [1.54, 1.807) is 29.3 Å². The number of carbonyl (C=O) groups excluding carboxylic acids is 2. The highest BCUT2D eigenvalue weighted by molar-refractivity contribution is 6.39. The monoisotopic (exact) mass is 391 g/mol. The number of nitrogens with zero attached hydrogens (tertiary/aromatic N) is 2. The third kappa shape index (κ3) is 4.11. The Morgan fingerprint density at radius 3 is 2.52 bits per heavy atom. The van der Waals surface area contributed by atoms with Crippen LogP contribution in [0.2, 0.25) is 0 Å². The average Bonchev–Trinajstić information content (AvgIpc) is 2.74. The van der Waals surface area contributed by atoms with E-state index >= 15 is 0 Å². The Morgan fingerprint density at radius 1 is 1.07 bits per heavy atom. The van der Waals surface area contributed by atoms with Crippen molar-refractivity contribution in [3.8, 4) is 0 Å². The number of hydrogen-bond acceptors (Lipinski definition) is 3. The fourth-order valence-corrected chi connectivity index (χ4v) is 3.85. The summed E-state index contributed by atoms with van der Waals surface area (Å²) in [5.74, 6) is -1.22. The lowest BCUT2D eigenvalue weighted by molar-refractivity contribution is -0.143. The summed E-state index contributed by atoms with van der Waals surface area (Å²) < 4.78 is 13.7. The Balaban J connectivity index is 1.41. The molecule has 1 aromatic heterocycles. The average molecular weight is 391 g/mol. The third-order valence-corrected chi connectivity index (χ3v) is 5.46. The van der Waals surface area contributed by atoms with Gasteiger partial charge in [0.05, 0.1) is 5.52 Å². The molecule has 2 amide bonds. The number of benzene rings is 2. The van der Waals surface area contributed by atoms with E-state index in [4.69, 9.17) is 0 Å². The molecule has 0 spiro atoms. The van der Waals surface area contributed by atoms with Crippen LogP contribution >= 0.6 is 0 Å². The molecule has 5 nitrogen and oxygen atoms in total. The van der Waals surface area contributed by atoms with Gasteiger partial charge in [0.25, 0.3) is 0 Å². The second-order valence-corrected chi connectivity index (χ2v) is 7.45. The van der Waals surface area contributed by atoms with Crippen molar-refractivity contribution >= 4 is 28.4 Å². The standard InChI is InChI=1S/C23H22FN3O2/c1-15-2-5-18(6-3-15)26-22(28)23(29)27-12-9-16(10-13-27)19-8-11-25-21-7-4-17(24)14-20(19)21/h2-8,11,14,16H,9-10,12-13H2,1H3,(H,26,28). The molecule has 29 heavy (non-hydrogen) atoms. The molecular formula is C23H22FN3O2. The minimum atomic E-state index is -0.622. The van der Waals surface area contributed by atoms with E-state index in [2.05, 4.69) is 10.3 Å². The molecule has 2 aromatic carbocycles. The number of carbonyl (C=O) groups is 2. The fourth-order valence-electron chi connectivity index (χ4n) is 3.85. The molecule has 148 valence electrons. The molecule has 0 aliphatic carbocycles. The first-order valence-corrected chi connectivity index (χ1v) is 9.72. The first-order chi connectivity index (χ1) is 14.0. The van der Waals surface area contributed by atoms with E-state index < -0.39 is 11.8 Å². The number of pyridine rings is 1. The first-order valence-electron chi connectivity index (χ1n) is 9.72. The van der Waals surface area contributed by atoms with E-state index in [0.29, 0.717) is 18.8 Å². The molecule has 6 heteroatoms. The lowest BCUT2D eigenvalue weighted by Gasteiger charge is -2.32. The van der Waals surface area contributed by atoms with Gasteiger partial charge >= 0.3 is 11.8 Å². The van der Waals surface area contributed by atoms with Crippen LogP contribution in [-0.2, 0) is 9.59 Å². The molecule has 1 N–H and O–H groups in total. The van der Waals surface area contributed by atoms with Crippen LogP contribution in [0.3, 0.4) is 0 Å². The minimum absolute atomic E-state index is 0.200. The molecule has 0 atom stereocenters. The van der Waals surface area contributed by atoms with Gasteiger partial charge in [-0.25, -0.2) is 4.39 Å². The molecule has 0 bridgehead atoms. The lowest BCUT2D eigenvalue weighted by atomic mass is 9.87. The molecule has 1 fully saturated rings. The number of piperidine rings is 1. The Bertz CT molecular complexity index is 1060. The van der Waals surface area contributed by atoms with Gasteiger partial charge in [-0.1, -0.05) is 17.7 Å². The van der Waals surface area contributed by atoms with Crippen molar-refractivity contribution < 1.29 is 14.0 Å². The van der Waals surface area contributed by atoms with Crippen molar-refractivity contribution in [1.29, 1.82) is 0 Å². The highest BCUT2D eigenvalue weighted by atomic mass is 19.1. The highest BCUT2D eigenvalue weighted by Crippen LogP contribution is 2.32. The van der Waals surface area contributed by atoms with Crippen LogP contribution in [0.1, 0.15) is 29.9 Å². The van der Waals surface area contributed by atoms with Crippen molar-refractivity contribution in [2.75, 3.05) is 18.4 Å². The summed E-state index contributed by atoms with van der Waals surface area (Å²) >= 11 is 0. The van der Waals surface area contributed by atoms with E-state index in [9.17, 15) is 14.0 Å². The predicted octanol–water partition coefficient (Wildman–Crippen LogP) is 4.03.